The molecule has 0 aliphatic rings. The van der Waals surface area contributed by atoms with Crippen molar-refractivity contribution in [2.75, 3.05) is 26.4 Å². The van der Waals surface area contributed by atoms with E-state index in [0.29, 0.717) is 19.3 Å². The zero-order valence-corrected chi connectivity index (χ0v) is 48.2. The lowest BCUT2D eigenvalue weighted by Crippen LogP contribution is -2.30. The van der Waals surface area contributed by atoms with Crippen LogP contribution in [0, 0.1) is 0 Å². The van der Waals surface area contributed by atoms with E-state index >= 15 is 0 Å². The van der Waals surface area contributed by atoms with E-state index in [2.05, 4.69) is 93.7 Å². The van der Waals surface area contributed by atoms with Crippen molar-refractivity contribution in [3.63, 3.8) is 0 Å². The van der Waals surface area contributed by atoms with Gasteiger partial charge in [-0.25, -0.2) is 4.57 Å². The van der Waals surface area contributed by atoms with Gasteiger partial charge in [-0.05, 0) is 116 Å². The van der Waals surface area contributed by atoms with Crippen molar-refractivity contribution in [2.24, 2.45) is 0 Å². The van der Waals surface area contributed by atoms with Crippen molar-refractivity contribution < 1.29 is 52.2 Å². The van der Waals surface area contributed by atoms with Crippen LogP contribution in [-0.4, -0.2) is 66.5 Å². The quantitative estimate of drug-likeness (QED) is 0.0197. The van der Waals surface area contributed by atoms with Crippen LogP contribution in [0.1, 0.15) is 265 Å². The van der Waals surface area contributed by atoms with E-state index in [9.17, 15) is 28.9 Å². The van der Waals surface area contributed by atoms with Crippen LogP contribution in [0.5, 0.6) is 0 Å². The number of carbonyl (C=O) groups is 3. The second-order valence-corrected chi connectivity index (χ2v) is 21.3. The van der Waals surface area contributed by atoms with Crippen LogP contribution in [0.25, 0.3) is 0 Å². The predicted octanol–water partition coefficient (Wildman–Crippen LogP) is 17.7. The van der Waals surface area contributed by atoms with Gasteiger partial charge in [0, 0.05) is 19.3 Å². The normalized spacial score (nSPS) is 13.9. The molecule has 0 bridgehead atoms. The largest absolute Gasteiger partial charge is 0.472 e. The molecule has 0 aliphatic heterocycles. The van der Waals surface area contributed by atoms with Gasteiger partial charge in [0.15, 0.2) is 6.10 Å². The topological polar surface area (TPSA) is 155 Å². The van der Waals surface area contributed by atoms with Gasteiger partial charge in [0.2, 0.25) is 0 Å². The lowest BCUT2D eigenvalue weighted by atomic mass is 10.1. The molecule has 3 atom stereocenters. The number of ether oxygens (including phenoxy) is 3. The number of unbranched alkanes of at least 4 members (excludes halogenated alkanes) is 26. The maximum absolute atomic E-state index is 12.9. The van der Waals surface area contributed by atoms with Gasteiger partial charge >= 0.3 is 25.7 Å². The van der Waals surface area contributed by atoms with E-state index in [1.54, 1.807) is 0 Å². The number of aliphatic hydroxyl groups excluding tert-OH is 1. The first kappa shape index (κ1) is 70.9. The van der Waals surface area contributed by atoms with E-state index < -0.39 is 57.8 Å². The SMILES string of the molecule is CCCCC/C=C\C/C=C\C/C=C\CCCCCCCCC(=O)OC(COC(=O)CCCCCCC/C=C\CCCCCC)COP(=O)(O)OCC(CO)OC(=O)CCCCCCC/C=C\C/C=C\CCCCC. The third-order valence-electron chi connectivity index (χ3n) is 12.6. The Morgan fingerprint density at radius 2 is 0.662 bits per heavy atom. The molecule has 0 heterocycles. The molecule has 74 heavy (non-hydrogen) atoms. The van der Waals surface area contributed by atoms with Gasteiger partial charge in [0.05, 0.1) is 19.8 Å². The molecule has 0 rings (SSSR count). The standard InChI is InChI=1S/C62H109O11P/c1-4-7-10-13-16-19-22-25-27-28-29-30-32-35-38-41-44-47-50-53-62(66)73-59(55-69-60(64)51-48-45-42-39-36-33-24-21-18-15-12-9-6-3)57-71-74(67,68)70-56-58(54-63)72-61(65)52-49-46-43-40-37-34-31-26-23-20-17-14-11-8-5-2/h16-17,19-21,24-27,29-31,58-59,63H,4-15,18,22-23,28,32-57H2,1-3H3,(H,67,68)/b19-16-,20-17-,24-21-,27-25-,30-29-,31-26-. The molecular weight excluding hydrogens is 952 g/mol. The fourth-order valence-electron chi connectivity index (χ4n) is 7.98. The fourth-order valence-corrected chi connectivity index (χ4v) is 8.76. The maximum Gasteiger partial charge on any atom is 0.472 e. The van der Waals surface area contributed by atoms with Crippen LogP contribution >= 0.6 is 7.82 Å². The monoisotopic (exact) mass is 1060 g/mol. The zero-order valence-electron chi connectivity index (χ0n) is 47.3. The van der Waals surface area contributed by atoms with E-state index in [1.165, 1.54) is 70.6 Å². The summed E-state index contributed by atoms with van der Waals surface area (Å²) in [6.07, 6.45) is 62.8. The molecule has 0 saturated carbocycles. The molecule has 0 saturated heterocycles. The highest BCUT2D eigenvalue weighted by molar-refractivity contribution is 7.47. The summed E-state index contributed by atoms with van der Waals surface area (Å²) in [5.41, 5.74) is 0. The highest BCUT2D eigenvalue weighted by atomic mass is 31.2. The van der Waals surface area contributed by atoms with Crippen LogP contribution < -0.4 is 0 Å². The van der Waals surface area contributed by atoms with E-state index in [1.807, 2.05) is 0 Å². The highest BCUT2D eigenvalue weighted by Gasteiger charge is 2.28. The Balaban J connectivity index is 4.75. The fraction of sp³-hybridized carbons (Fsp3) is 0.758. The molecule has 3 unspecified atom stereocenters. The molecule has 0 spiro atoms. The maximum atomic E-state index is 12.9. The molecule has 0 aromatic carbocycles. The average molecular weight is 1060 g/mol. The van der Waals surface area contributed by atoms with Gasteiger partial charge in [-0.15, -0.1) is 0 Å². The second kappa shape index (κ2) is 56.1. The minimum atomic E-state index is -4.76. The van der Waals surface area contributed by atoms with Crippen molar-refractivity contribution in [3.05, 3.63) is 72.9 Å². The number of allylic oxidation sites excluding steroid dienone is 12. The van der Waals surface area contributed by atoms with Gasteiger partial charge in [0.1, 0.15) is 12.7 Å². The number of aliphatic hydroxyl groups is 1. The van der Waals surface area contributed by atoms with Crippen molar-refractivity contribution in [2.45, 2.75) is 277 Å². The Kier molecular flexibility index (Phi) is 53.8. The molecule has 0 aromatic rings. The van der Waals surface area contributed by atoms with Crippen LogP contribution in [-0.2, 0) is 42.2 Å². The average Bonchev–Trinajstić information content (AvgIpc) is 3.39. The Hall–Kier alpha value is -3.08. The third kappa shape index (κ3) is 53.7. The number of phosphoric ester groups is 1. The number of phosphoric acid groups is 1. The molecule has 12 heteroatoms. The van der Waals surface area contributed by atoms with Crippen LogP contribution in [0.2, 0.25) is 0 Å². The molecular formula is C62H109O11P. The number of esters is 3. The van der Waals surface area contributed by atoms with Crippen LogP contribution in [0.15, 0.2) is 72.9 Å². The molecule has 2 N–H and O–H groups in total. The third-order valence-corrected chi connectivity index (χ3v) is 13.5. The summed E-state index contributed by atoms with van der Waals surface area (Å²) >= 11 is 0. The minimum Gasteiger partial charge on any atom is -0.462 e. The molecule has 11 nitrogen and oxygen atoms in total. The van der Waals surface area contributed by atoms with Crippen LogP contribution in [0.3, 0.4) is 0 Å². The van der Waals surface area contributed by atoms with E-state index in [-0.39, 0.29) is 25.9 Å². The summed E-state index contributed by atoms with van der Waals surface area (Å²) in [4.78, 5) is 48.6. The minimum absolute atomic E-state index is 0.149. The number of hydrogen-bond acceptors (Lipinski definition) is 10. The number of carbonyl (C=O) groups excluding carboxylic acids is 3. The Labute approximate surface area is 452 Å². The highest BCUT2D eigenvalue weighted by Crippen LogP contribution is 2.43. The first-order valence-corrected chi connectivity index (χ1v) is 31.3. The summed E-state index contributed by atoms with van der Waals surface area (Å²) in [5.74, 6) is -1.50. The lowest BCUT2D eigenvalue weighted by Gasteiger charge is -2.21. The van der Waals surface area contributed by atoms with Gasteiger partial charge in [-0.3, -0.25) is 23.4 Å². The van der Waals surface area contributed by atoms with Gasteiger partial charge in [-0.2, -0.15) is 0 Å². The zero-order chi connectivity index (χ0) is 54.1. The molecule has 0 aromatic heterocycles. The predicted molar refractivity (Wildman–Crippen MR) is 307 cm³/mol. The van der Waals surface area contributed by atoms with Crippen molar-refractivity contribution in [3.8, 4) is 0 Å². The Morgan fingerprint density at radius 1 is 0.378 bits per heavy atom. The number of rotatable bonds is 55. The van der Waals surface area contributed by atoms with Crippen LogP contribution in [0.4, 0.5) is 0 Å². The summed E-state index contributed by atoms with van der Waals surface area (Å²) < 4.78 is 39.5. The Morgan fingerprint density at radius 3 is 1.05 bits per heavy atom. The number of hydrogen-bond donors (Lipinski definition) is 2. The lowest BCUT2D eigenvalue weighted by molar-refractivity contribution is -0.161. The first-order valence-electron chi connectivity index (χ1n) is 29.8. The van der Waals surface area contributed by atoms with E-state index in [0.717, 1.165) is 135 Å². The van der Waals surface area contributed by atoms with Crippen molar-refractivity contribution in [1.82, 2.24) is 0 Å². The summed E-state index contributed by atoms with van der Waals surface area (Å²) in [5, 5.41) is 9.82. The summed E-state index contributed by atoms with van der Waals surface area (Å²) in [6.45, 7) is 4.55. The summed E-state index contributed by atoms with van der Waals surface area (Å²) in [6, 6.07) is 0. The molecule has 0 amide bonds. The molecule has 0 fully saturated rings. The molecule has 0 aliphatic carbocycles. The van der Waals surface area contributed by atoms with Gasteiger partial charge < -0.3 is 24.2 Å². The van der Waals surface area contributed by atoms with Crippen molar-refractivity contribution in [1.29, 1.82) is 0 Å². The summed E-state index contributed by atoms with van der Waals surface area (Å²) in [7, 11) is -4.76. The second-order valence-electron chi connectivity index (χ2n) is 19.8. The van der Waals surface area contributed by atoms with Gasteiger partial charge in [0.25, 0.3) is 0 Å². The van der Waals surface area contributed by atoms with Crippen molar-refractivity contribution >= 4 is 25.7 Å². The molecule has 0 radical (unpaired) electrons. The van der Waals surface area contributed by atoms with Gasteiger partial charge in [-0.1, -0.05) is 203 Å². The molecule has 428 valence electrons. The van der Waals surface area contributed by atoms with E-state index in [4.69, 9.17) is 23.3 Å². The Bertz CT molecular complexity index is 1520. The smallest absolute Gasteiger partial charge is 0.462 e. The first-order chi connectivity index (χ1) is 36.2.